The van der Waals surface area contributed by atoms with E-state index < -0.39 is 15.4 Å². The van der Waals surface area contributed by atoms with Crippen LogP contribution < -0.4 is 0 Å². The lowest BCUT2D eigenvalue weighted by Crippen LogP contribution is -2.55. The van der Waals surface area contributed by atoms with Crippen LogP contribution in [-0.4, -0.2) is 55.5 Å². The summed E-state index contributed by atoms with van der Waals surface area (Å²) in [4.78, 5) is 15.2. The molecule has 2 aliphatic rings. The minimum absolute atomic E-state index is 0.107. The second-order valence-electron chi connectivity index (χ2n) is 6.89. The topological polar surface area (TPSA) is 57.7 Å². The largest absolute Gasteiger partial charge is 0.339 e. The number of rotatable bonds is 4. The molecule has 0 aromatic heterocycles. The second-order valence-corrected chi connectivity index (χ2v) is 9.58. The Hall–Kier alpha value is -1.11. The highest BCUT2D eigenvalue weighted by Gasteiger charge is 2.45. The Morgan fingerprint density at radius 1 is 1.08 bits per heavy atom. The van der Waals surface area contributed by atoms with Crippen molar-refractivity contribution in [2.24, 2.45) is 0 Å². The normalized spacial score (nSPS) is 21.4. The molecule has 1 heterocycles. The van der Waals surface area contributed by atoms with Gasteiger partial charge in [-0.05, 0) is 37.5 Å². The molecule has 0 bridgehead atoms. The molecule has 1 aliphatic heterocycles. The number of piperazine rings is 1. The molecule has 1 saturated heterocycles. The summed E-state index contributed by atoms with van der Waals surface area (Å²) < 4.78 is 25.5. The quantitative estimate of drug-likeness (QED) is 0.801. The van der Waals surface area contributed by atoms with E-state index in [0.717, 1.165) is 31.2 Å². The number of amides is 1. The summed E-state index contributed by atoms with van der Waals surface area (Å²) >= 11 is 6.01. The van der Waals surface area contributed by atoms with Gasteiger partial charge in [-0.15, -0.1) is 0 Å². The summed E-state index contributed by atoms with van der Waals surface area (Å²) in [7, 11) is -3.18. The number of carbonyl (C=O) groups excluding carboxylic acids is 1. The molecule has 1 aliphatic carbocycles. The number of benzene rings is 1. The molecule has 1 aromatic carbocycles. The number of sulfonamides is 1. The number of hydrogen-bond donors (Lipinski definition) is 0. The van der Waals surface area contributed by atoms with Gasteiger partial charge in [0, 0.05) is 31.2 Å². The zero-order valence-corrected chi connectivity index (χ0v) is 16.2. The number of nitrogens with zero attached hydrogens (tertiary/aromatic N) is 2. The zero-order chi connectivity index (χ0) is 18.1. The highest BCUT2D eigenvalue weighted by molar-refractivity contribution is 7.89. The van der Waals surface area contributed by atoms with E-state index in [1.54, 1.807) is 6.92 Å². The van der Waals surface area contributed by atoms with Crippen molar-refractivity contribution in [3.8, 4) is 0 Å². The maximum Gasteiger partial charge on any atom is 0.233 e. The Labute approximate surface area is 155 Å². The van der Waals surface area contributed by atoms with Crippen molar-refractivity contribution in [3.05, 3.63) is 34.9 Å². The van der Waals surface area contributed by atoms with Crippen molar-refractivity contribution in [3.63, 3.8) is 0 Å². The summed E-state index contributed by atoms with van der Waals surface area (Å²) in [6.07, 6.45) is 3.78. The molecule has 0 N–H and O–H groups in total. The molecule has 3 rings (SSSR count). The zero-order valence-electron chi connectivity index (χ0n) is 14.6. The third kappa shape index (κ3) is 3.57. The van der Waals surface area contributed by atoms with E-state index in [9.17, 15) is 13.2 Å². The van der Waals surface area contributed by atoms with Crippen molar-refractivity contribution < 1.29 is 13.2 Å². The first-order valence-electron chi connectivity index (χ1n) is 8.92. The molecule has 2 fully saturated rings. The number of carbonyl (C=O) groups is 1. The van der Waals surface area contributed by atoms with Gasteiger partial charge < -0.3 is 4.90 Å². The van der Waals surface area contributed by atoms with E-state index in [1.807, 2.05) is 29.2 Å². The third-order valence-electron chi connectivity index (χ3n) is 5.55. The first-order chi connectivity index (χ1) is 11.9. The molecule has 1 amide bonds. The lowest BCUT2D eigenvalue weighted by molar-refractivity contribution is -0.138. The average molecular weight is 385 g/mol. The Morgan fingerprint density at radius 2 is 1.64 bits per heavy atom. The third-order valence-corrected chi connectivity index (χ3v) is 7.68. The molecule has 1 aromatic rings. The van der Waals surface area contributed by atoms with Crippen LogP contribution in [0.2, 0.25) is 5.02 Å². The molecular weight excluding hydrogens is 360 g/mol. The van der Waals surface area contributed by atoms with Crippen LogP contribution in [0.15, 0.2) is 24.3 Å². The summed E-state index contributed by atoms with van der Waals surface area (Å²) in [6, 6.07) is 7.61. The van der Waals surface area contributed by atoms with E-state index in [0.29, 0.717) is 31.2 Å². The highest BCUT2D eigenvalue weighted by atomic mass is 35.5. The molecule has 0 unspecified atom stereocenters. The molecule has 1 saturated carbocycles. The van der Waals surface area contributed by atoms with Gasteiger partial charge in [0.15, 0.2) is 0 Å². The van der Waals surface area contributed by atoms with Gasteiger partial charge in [0.2, 0.25) is 15.9 Å². The Morgan fingerprint density at radius 3 is 2.16 bits per heavy atom. The van der Waals surface area contributed by atoms with Gasteiger partial charge in [-0.3, -0.25) is 4.79 Å². The molecule has 5 nitrogen and oxygen atoms in total. The van der Waals surface area contributed by atoms with Crippen LogP contribution in [0.3, 0.4) is 0 Å². The van der Waals surface area contributed by atoms with Crippen LogP contribution in [0.1, 0.15) is 38.2 Å². The smallest absolute Gasteiger partial charge is 0.233 e. The van der Waals surface area contributed by atoms with Crippen LogP contribution in [0, 0.1) is 0 Å². The van der Waals surface area contributed by atoms with Crippen molar-refractivity contribution in [1.29, 1.82) is 0 Å². The SMILES string of the molecule is CCS(=O)(=O)N1CCN(C(=O)C2(c3ccc(Cl)cc3)CCCC2)CC1. The lowest BCUT2D eigenvalue weighted by Gasteiger charge is -2.39. The monoisotopic (exact) mass is 384 g/mol. The van der Waals surface area contributed by atoms with E-state index in [1.165, 1.54) is 4.31 Å². The minimum atomic E-state index is -3.18. The predicted molar refractivity (Wildman–Crippen MR) is 99.2 cm³/mol. The van der Waals surface area contributed by atoms with Gasteiger partial charge in [-0.2, -0.15) is 4.31 Å². The van der Waals surface area contributed by atoms with Crippen LogP contribution >= 0.6 is 11.6 Å². The van der Waals surface area contributed by atoms with E-state index in [-0.39, 0.29) is 11.7 Å². The molecule has 7 heteroatoms. The van der Waals surface area contributed by atoms with Crippen molar-refractivity contribution in [1.82, 2.24) is 9.21 Å². The first-order valence-corrected chi connectivity index (χ1v) is 10.9. The second kappa shape index (κ2) is 7.25. The minimum Gasteiger partial charge on any atom is -0.339 e. The van der Waals surface area contributed by atoms with Gasteiger partial charge in [0.25, 0.3) is 0 Å². The van der Waals surface area contributed by atoms with Gasteiger partial charge in [0.1, 0.15) is 0 Å². The molecule has 0 radical (unpaired) electrons. The van der Waals surface area contributed by atoms with E-state index >= 15 is 0 Å². The summed E-state index contributed by atoms with van der Waals surface area (Å²) in [6.45, 7) is 3.36. The lowest BCUT2D eigenvalue weighted by atomic mass is 9.77. The highest BCUT2D eigenvalue weighted by Crippen LogP contribution is 2.43. The van der Waals surface area contributed by atoms with Crippen LogP contribution in [0.4, 0.5) is 0 Å². The molecular formula is C18H25ClN2O3S. The van der Waals surface area contributed by atoms with Crippen LogP contribution in [0.5, 0.6) is 0 Å². The maximum absolute atomic E-state index is 13.4. The van der Waals surface area contributed by atoms with Crippen molar-refractivity contribution >= 4 is 27.5 Å². The molecule has 0 spiro atoms. The van der Waals surface area contributed by atoms with E-state index in [2.05, 4.69) is 0 Å². The van der Waals surface area contributed by atoms with Crippen molar-refractivity contribution in [2.75, 3.05) is 31.9 Å². The average Bonchev–Trinajstić information content (AvgIpc) is 3.13. The fraction of sp³-hybridized carbons (Fsp3) is 0.611. The number of hydrogen-bond acceptors (Lipinski definition) is 3. The molecule has 138 valence electrons. The van der Waals surface area contributed by atoms with E-state index in [4.69, 9.17) is 11.6 Å². The molecule has 0 atom stereocenters. The summed E-state index contributed by atoms with van der Waals surface area (Å²) in [5.74, 6) is 0.246. The van der Waals surface area contributed by atoms with Crippen molar-refractivity contribution in [2.45, 2.75) is 38.0 Å². The molecule has 25 heavy (non-hydrogen) atoms. The van der Waals surface area contributed by atoms with Crippen LogP contribution in [0.25, 0.3) is 0 Å². The summed E-state index contributed by atoms with van der Waals surface area (Å²) in [5, 5.41) is 0.669. The van der Waals surface area contributed by atoms with Gasteiger partial charge in [0.05, 0.1) is 11.2 Å². The fourth-order valence-corrected chi connectivity index (χ4v) is 5.24. The summed E-state index contributed by atoms with van der Waals surface area (Å²) in [5.41, 5.74) is 0.555. The Balaban J connectivity index is 1.78. The van der Waals surface area contributed by atoms with Crippen LogP contribution in [-0.2, 0) is 20.2 Å². The fourth-order valence-electron chi connectivity index (χ4n) is 4.03. The van der Waals surface area contributed by atoms with Gasteiger partial charge in [-0.1, -0.05) is 36.6 Å². The Bertz CT molecular complexity index is 719. The maximum atomic E-state index is 13.4. The standard InChI is InChI=1S/C18H25ClN2O3S/c1-2-25(23,24)21-13-11-20(12-14-21)17(22)18(9-3-4-10-18)15-5-7-16(19)8-6-15/h5-8H,2-4,9-14H2,1H3. The predicted octanol–water partition coefficient (Wildman–Crippen LogP) is 2.65. The number of halogens is 1. The Kier molecular flexibility index (Phi) is 5.42. The van der Waals surface area contributed by atoms with Gasteiger partial charge >= 0.3 is 0 Å². The first kappa shape index (κ1) is 18.7. The van der Waals surface area contributed by atoms with Gasteiger partial charge in [-0.25, -0.2) is 8.42 Å².